The standard InChI is InChI=1S/C11H12BrN5/c1-7-3-11(17-8(2)16-7)15-5-9-4-14-10(12)6-13-9/h3-4,6H,5H2,1-2H3,(H,15,16,17). The van der Waals surface area contributed by atoms with Crippen LogP contribution in [0, 0.1) is 13.8 Å². The fourth-order valence-electron chi connectivity index (χ4n) is 1.42. The van der Waals surface area contributed by atoms with Gasteiger partial charge in [0.05, 0.1) is 24.6 Å². The molecule has 17 heavy (non-hydrogen) atoms. The summed E-state index contributed by atoms with van der Waals surface area (Å²) in [5, 5.41) is 3.19. The second kappa shape index (κ2) is 5.18. The van der Waals surface area contributed by atoms with Crippen molar-refractivity contribution in [3.8, 4) is 0 Å². The summed E-state index contributed by atoms with van der Waals surface area (Å²) in [4.78, 5) is 16.8. The van der Waals surface area contributed by atoms with Crippen molar-refractivity contribution in [3.63, 3.8) is 0 Å². The number of hydrogen-bond acceptors (Lipinski definition) is 5. The summed E-state index contributed by atoms with van der Waals surface area (Å²) in [6, 6.07) is 1.90. The van der Waals surface area contributed by atoms with E-state index in [-0.39, 0.29) is 0 Å². The molecule has 2 heterocycles. The van der Waals surface area contributed by atoms with Crippen LogP contribution in [0.25, 0.3) is 0 Å². The maximum absolute atomic E-state index is 4.29. The summed E-state index contributed by atoms with van der Waals surface area (Å²) in [6.07, 6.45) is 3.39. The Morgan fingerprint density at radius 3 is 2.65 bits per heavy atom. The van der Waals surface area contributed by atoms with Crippen LogP contribution in [-0.2, 0) is 6.54 Å². The molecule has 2 rings (SSSR count). The first-order valence-corrected chi connectivity index (χ1v) is 5.95. The lowest BCUT2D eigenvalue weighted by Gasteiger charge is -2.06. The molecule has 0 fully saturated rings. The molecule has 0 radical (unpaired) electrons. The van der Waals surface area contributed by atoms with Crippen LogP contribution in [0.3, 0.4) is 0 Å². The lowest BCUT2D eigenvalue weighted by Crippen LogP contribution is -2.05. The highest BCUT2D eigenvalue weighted by Gasteiger charge is 2.00. The molecule has 2 aromatic heterocycles. The Balaban J connectivity index is 2.04. The summed E-state index contributed by atoms with van der Waals surface area (Å²) >= 11 is 3.25. The van der Waals surface area contributed by atoms with Gasteiger partial charge in [-0.3, -0.25) is 4.98 Å². The SMILES string of the molecule is Cc1cc(NCc2cnc(Br)cn2)nc(C)n1. The van der Waals surface area contributed by atoms with Gasteiger partial charge in [0.25, 0.3) is 0 Å². The van der Waals surface area contributed by atoms with Crippen molar-refractivity contribution in [3.05, 3.63) is 40.3 Å². The van der Waals surface area contributed by atoms with E-state index in [0.717, 1.165) is 27.6 Å². The third-order valence-corrected chi connectivity index (χ3v) is 2.50. The van der Waals surface area contributed by atoms with Gasteiger partial charge in [0, 0.05) is 11.8 Å². The number of rotatable bonds is 3. The first-order chi connectivity index (χ1) is 8.13. The quantitative estimate of drug-likeness (QED) is 0.940. The Labute approximate surface area is 108 Å². The Kier molecular flexibility index (Phi) is 3.63. The number of aryl methyl sites for hydroxylation is 2. The Bertz CT molecular complexity index is 492. The highest BCUT2D eigenvalue weighted by atomic mass is 79.9. The fourth-order valence-corrected chi connectivity index (χ4v) is 1.62. The lowest BCUT2D eigenvalue weighted by molar-refractivity contribution is 0.959. The number of nitrogens with zero attached hydrogens (tertiary/aromatic N) is 4. The average molecular weight is 294 g/mol. The van der Waals surface area contributed by atoms with Gasteiger partial charge >= 0.3 is 0 Å². The van der Waals surface area contributed by atoms with Crippen LogP contribution < -0.4 is 5.32 Å². The second-order valence-electron chi connectivity index (χ2n) is 3.63. The first kappa shape index (κ1) is 11.9. The molecule has 1 N–H and O–H groups in total. The molecule has 0 aliphatic heterocycles. The van der Waals surface area contributed by atoms with Gasteiger partial charge in [-0.2, -0.15) is 0 Å². The zero-order valence-corrected chi connectivity index (χ0v) is 11.2. The van der Waals surface area contributed by atoms with Gasteiger partial charge < -0.3 is 5.32 Å². The largest absolute Gasteiger partial charge is 0.364 e. The molecule has 88 valence electrons. The van der Waals surface area contributed by atoms with Crippen molar-refractivity contribution in [1.82, 2.24) is 19.9 Å². The van der Waals surface area contributed by atoms with Crippen molar-refractivity contribution in [1.29, 1.82) is 0 Å². The van der Waals surface area contributed by atoms with Crippen LogP contribution in [-0.4, -0.2) is 19.9 Å². The molecule has 6 heteroatoms. The molecule has 0 aliphatic carbocycles. The first-order valence-electron chi connectivity index (χ1n) is 5.16. The Hall–Kier alpha value is -1.56. The highest BCUT2D eigenvalue weighted by molar-refractivity contribution is 9.10. The van der Waals surface area contributed by atoms with Gasteiger partial charge in [0.2, 0.25) is 0 Å². The van der Waals surface area contributed by atoms with Crippen LogP contribution in [0.5, 0.6) is 0 Å². The van der Waals surface area contributed by atoms with E-state index in [9.17, 15) is 0 Å². The van der Waals surface area contributed by atoms with Crippen molar-refractivity contribution in [2.24, 2.45) is 0 Å². The molecule has 2 aromatic rings. The molecular weight excluding hydrogens is 282 g/mol. The maximum Gasteiger partial charge on any atom is 0.130 e. The van der Waals surface area contributed by atoms with E-state index in [0.29, 0.717) is 6.54 Å². The number of anilines is 1. The number of nitrogens with one attached hydrogen (secondary N) is 1. The minimum atomic E-state index is 0.593. The van der Waals surface area contributed by atoms with E-state index in [1.165, 1.54) is 0 Å². The van der Waals surface area contributed by atoms with E-state index >= 15 is 0 Å². The maximum atomic E-state index is 4.29. The van der Waals surface area contributed by atoms with Gasteiger partial charge in [0.1, 0.15) is 16.2 Å². The molecule has 0 saturated carbocycles. The fraction of sp³-hybridized carbons (Fsp3) is 0.273. The van der Waals surface area contributed by atoms with Crippen LogP contribution in [0.4, 0.5) is 5.82 Å². The topological polar surface area (TPSA) is 63.6 Å². The van der Waals surface area contributed by atoms with E-state index in [4.69, 9.17) is 0 Å². The molecule has 0 amide bonds. The molecule has 0 aliphatic rings. The van der Waals surface area contributed by atoms with Crippen LogP contribution in [0.1, 0.15) is 17.2 Å². The molecule has 0 atom stereocenters. The smallest absolute Gasteiger partial charge is 0.130 e. The normalized spacial score (nSPS) is 10.3. The van der Waals surface area contributed by atoms with Gasteiger partial charge in [-0.05, 0) is 29.8 Å². The number of hydrogen-bond donors (Lipinski definition) is 1. The van der Waals surface area contributed by atoms with Gasteiger partial charge in [0.15, 0.2) is 0 Å². The van der Waals surface area contributed by atoms with E-state index in [2.05, 4.69) is 41.2 Å². The summed E-state index contributed by atoms with van der Waals surface area (Å²) < 4.78 is 0.731. The van der Waals surface area contributed by atoms with E-state index in [1.807, 2.05) is 19.9 Å². The monoisotopic (exact) mass is 293 g/mol. The third kappa shape index (κ3) is 3.45. The summed E-state index contributed by atoms with van der Waals surface area (Å²) in [6.45, 7) is 4.41. The molecule has 0 unspecified atom stereocenters. The van der Waals surface area contributed by atoms with Crippen LogP contribution in [0.15, 0.2) is 23.1 Å². The summed E-state index contributed by atoms with van der Waals surface area (Å²) in [7, 11) is 0. The predicted octanol–water partition coefficient (Wildman–Crippen LogP) is 2.26. The summed E-state index contributed by atoms with van der Waals surface area (Å²) in [5.41, 5.74) is 1.81. The number of aromatic nitrogens is 4. The highest BCUT2D eigenvalue weighted by Crippen LogP contribution is 2.08. The lowest BCUT2D eigenvalue weighted by atomic mass is 10.4. The molecule has 0 saturated heterocycles. The molecular formula is C11H12BrN5. The molecule has 0 aromatic carbocycles. The minimum Gasteiger partial charge on any atom is -0.364 e. The second-order valence-corrected chi connectivity index (χ2v) is 4.44. The minimum absolute atomic E-state index is 0.593. The summed E-state index contributed by atoms with van der Waals surface area (Å²) in [5.74, 6) is 1.56. The van der Waals surface area contributed by atoms with Crippen molar-refractivity contribution in [2.45, 2.75) is 20.4 Å². The third-order valence-electron chi connectivity index (χ3n) is 2.09. The molecule has 0 spiro atoms. The van der Waals surface area contributed by atoms with Crippen LogP contribution in [0.2, 0.25) is 0 Å². The Morgan fingerprint density at radius 2 is 2.00 bits per heavy atom. The van der Waals surface area contributed by atoms with Gasteiger partial charge in [-0.15, -0.1) is 0 Å². The van der Waals surface area contributed by atoms with Crippen LogP contribution >= 0.6 is 15.9 Å². The van der Waals surface area contributed by atoms with E-state index < -0.39 is 0 Å². The van der Waals surface area contributed by atoms with Crippen molar-refractivity contribution >= 4 is 21.7 Å². The zero-order valence-electron chi connectivity index (χ0n) is 9.61. The molecule has 0 bridgehead atoms. The zero-order chi connectivity index (χ0) is 12.3. The van der Waals surface area contributed by atoms with E-state index in [1.54, 1.807) is 12.4 Å². The predicted molar refractivity (Wildman–Crippen MR) is 68.6 cm³/mol. The van der Waals surface area contributed by atoms with Gasteiger partial charge in [-0.1, -0.05) is 0 Å². The number of halogens is 1. The molecule has 5 nitrogen and oxygen atoms in total. The van der Waals surface area contributed by atoms with Crippen molar-refractivity contribution < 1.29 is 0 Å². The van der Waals surface area contributed by atoms with Crippen molar-refractivity contribution in [2.75, 3.05) is 5.32 Å². The average Bonchev–Trinajstić information content (AvgIpc) is 2.27. The van der Waals surface area contributed by atoms with Gasteiger partial charge in [-0.25, -0.2) is 15.0 Å². The Morgan fingerprint density at radius 1 is 1.18 bits per heavy atom.